The minimum Gasteiger partial charge on any atom is -0.397 e. The second-order valence-electron chi connectivity index (χ2n) is 10.9. The van der Waals surface area contributed by atoms with E-state index < -0.39 is 18.6 Å². The highest BCUT2D eigenvalue weighted by atomic mass is 28.3. The molecule has 5 nitrogen and oxygen atoms in total. The van der Waals surface area contributed by atoms with Gasteiger partial charge in [0.15, 0.2) is 0 Å². The highest BCUT2D eigenvalue weighted by Gasteiger charge is 2.37. The lowest BCUT2D eigenvalue weighted by molar-refractivity contribution is -0.119. The minimum atomic E-state index is -1.65. The Kier molecular flexibility index (Phi) is 21.8. The van der Waals surface area contributed by atoms with Crippen LogP contribution in [-0.4, -0.2) is 50.8 Å². The zero-order valence-corrected chi connectivity index (χ0v) is 27.7. The van der Waals surface area contributed by atoms with Crippen molar-refractivity contribution in [3.05, 3.63) is 0 Å². The Balaban J connectivity index is 4.04. The van der Waals surface area contributed by atoms with Crippen LogP contribution in [0.25, 0.3) is 0 Å². The molecule has 0 radical (unpaired) electrons. The number of ketones is 1. The van der Waals surface area contributed by atoms with Crippen LogP contribution in [0.15, 0.2) is 0 Å². The van der Waals surface area contributed by atoms with Gasteiger partial charge < -0.3 is 17.7 Å². The third-order valence-corrected chi connectivity index (χ3v) is 14.1. The van der Waals surface area contributed by atoms with Gasteiger partial charge in [-0.3, -0.25) is 4.79 Å². The quantitative estimate of drug-likeness (QED) is 0.0809. The van der Waals surface area contributed by atoms with E-state index in [1.807, 2.05) is 0 Å². The van der Waals surface area contributed by atoms with Gasteiger partial charge in [-0.25, -0.2) is 0 Å². The third-order valence-electron chi connectivity index (χ3n) is 7.93. The first-order chi connectivity index (χ1) is 17.3. The summed E-state index contributed by atoms with van der Waals surface area (Å²) >= 11 is 0. The van der Waals surface area contributed by atoms with E-state index in [2.05, 4.69) is 55.4 Å². The topological polar surface area (TPSA) is 54.0 Å². The lowest BCUT2D eigenvalue weighted by Crippen LogP contribution is -2.36. The van der Waals surface area contributed by atoms with Crippen molar-refractivity contribution in [1.82, 2.24) is 0 Å². The zero-order chi connectivity index (χ0) is 27.3. The molecule has 0 fully saturated rings. The SMILES string of the molecule is CCO[SiH](OCC)C(C)(CC)CCCCCCC(=O)CCCCCCC(C)(CC)[SiH](OCC)OCC. The predicted molar refractivity (Wildman–Crippen MR) is 159 cm³/mol. The maximum atomic E-state index is 12.3. The van der Waals surface area contributed by atoms with Crippen LogP contribution in [0.5, 0.6) is 0 Å². The van der Waals surface area contributed by atoms with Crippen LogP contribution in [0.2, 0.25) is 10.1 Å². The average molecular weight is 547 g/mol. The molecule has 216 valence electrons. The smallest absolute Gasteiger partial charge is 0.327 e. The molecule has 7 heteroatoms. The summed E-state index contributed by atoms with van der Waals surface area (Å²) in [5.41, 5.74) is 0. The second kappa shape index (κ2) is 21.8. The predicted octanol–water partition coefficient (Wildman–Crippen LogP) is 8.16. The molecule has 2 atom stereocenters. The van der Waals surface area contributed by atoms with Crippen LogP contribution in [-0.2, 0) is 22.5 Å². The number of carbonyl (C=O) groups excluding carboxylic acids is 1. The van der Waals surface area contributed by atoms with Gasteiger partial charge in [0.1, 0.15) is 5.78 Å². The van der Waals surface area contributed by atoms with Gasteiger partial charge in [-0.1, -0.05) is 66.2 Å². The first-order valence-corrected chi connectivity index (χ1v) is 18.3. The number of Topliss-reactive ketones (excluding diaryl/α,β-unsaturated/α-hetero) is 1. The molecule has 0 rings (SSSR count). The standard InChI is InChI=1S/C29H62O5Si2/c1-9-28(7,35(31-11-3)32-12-4)25-21-17-15-19-23-27(30)24-20-16-18-22-26-29(8,10-2)36(33-13-5)34-14-6/h35-36H,9-26H2,1-8H3. The van der Waals surface area contributed by atoms with Crippen molar-refractivity contribution in [3.8, 4) is 0 Å². The highest BCUT2D eigenvalue weighted by Crippen LogP contribution is 2.41. The summed E-state index contributed by atoms with van der Waals surface area (Å²) in [5, 5.41) is 0.400. The molecule has 0 aliphatic carbocycles. The molecule has 36 heavy (non-hydrogen) atoms. The van der Waals surface area contributed by atoms with Gasteiger partial charge in [-0.15, -0.1) is 0 Å². The molecule has 0 aromatic carbocycles. The van der Waals surface area contributed by atoms with Gasteiger partial charge in [0.25, 0.3) is 0 Å². The molecular weight excluding hydrogens is 484 g/mol. The van der Waals surface area contributed by atoms with Gasteiger partial charge in [0.05, 0.1) is 0 Å². The highest BCUT2D eigenvalue weighted by molar-refractivity contribution is 6.48. The summed E-state index contributed by atoms with van der Waals surface area (Å²) < 4.78 is 24.1. The Hall–Kier alpha value is -0.0562. The first-order valence-electron chi connectivity index (χ1n) is 15.2. The normalized spacial score (nSPS) is 15.4. The molecule has 0 aromatic rings. The average Bonchev–Trinajstić information content (AvgIpc) is 2.87. The Bertz CT molecular complexity index is 480. The maximum absolute atomic E-state index is 12.3. The Morgan fingerprint density at radius 1 is 0.528 bits per heavy atom. The van der Waals surface area contributed by atoms with Crippen molar-refractivity contribution in [1.29, 1.82) is 0 Å². The summed E-state index contributed by atoms with van der Waals surface area (Å²) in [6.07, 6.45) is 15.3. The van der Waals surface area contributed by atoms with Crippen molar-refractivity contribution < 1.29 is 22.5 Å². The van der Waals surface area contributed by atoms with E-state index in [0.717, 1.165) is 77.8 Å². The van der Waals surface area contributed by atoms with E-state index in [9.17, 15) is 4.79 Å². The van der Waals surface area contributed by atoms with Crippen LogP contribution >= 0.6 is 0 Å². The van der Waals surface area contributed by atoms with E-state index in [1.54, 1.807) is 0 Å². The molecule has 0 aromatic heterocycles. The van der Waals surface area contributed by atoms with Gasteiger partial charge in [0, 0.05) is 49.3 Å². The van der Waals surface area contributed by atoms with Gasteiger partial charge >= 0.3 is 18.6 Å². The maximum Gasteiger partial charge on any atom is 0.327 e. The number of hydrogen-bond donors (Lipinski definition) is 0. The first kappa shape index (κ1) is 35.9. The largest absolute Gasteiger partial charge is 0.397 e. The van der Waals surface area contributed by atoms with Crippen molar-refractivity contribution in [3.63, 3.8) is 0 Å². The fraction of sp³-hybridized carbons (Fsp3) is 0.966. The lowest BCUT2D eigenvalue weighted by atomic mass is 9.97. The number of hydrogen-bond acceptors (Lipinski definition) is 5. The molecular formula is C29H62O5Si2. The van der Waals surface area contributed by atoms with Crippen LogP contribution in [0.3, 0.4) is 0 Å². The molecule has 0 amide bonds. The van der Waals surface area contributed by atoms with E-state index in [0.29, 0.717) is 5.78 Å². The van der Waals surface area contributed by atoms with E-state index in [-0.39, 0.29) is 10.1 Å². The van der Waals surface area contributed by atoms with E-state index >= 15 is 0 Å². The molecule has 0 N–H and O–H groups in total. The number of carbonyl (C=O) groups is 1. The molecule has 2 unspecified atom stereocenters. The molecule has 0 saturated carbocycles. The fourth-order valence-corrected chi connectivity index (χ4v) is 9.52. The molecule has 0 heterocycles. The van der Waals surface area contributed by atoms with Crippen molar-refractivity contribution in [2.24, 2.45) is 0 Å². The summed E-state index contributed by atoms with van der Waals surface area (Å²) in [4.78, 5) is 12.3. The number of unbranched alkanes of at least 4 members (excludes halogenated alkanes) is 6. The van der Waals surface area contributed by atoms with Crippen molar-refractivity contribution in [2.75, 3.05) is 26.4 Å². The molecule has 0 saturated heterocycles. The Morgan fingerprint density at radius 2 is 0.833 bits per heavy atom. The lowest BCUT2D eigenvalue weighted by Gasteiger charge is -2.34. The summed E-state index contributed by atoms with van der Waals surface area (Å²) in [6.45, 7) is 20.5. The zero-order valence-electron chi connectivity index (χ0n) is 25.4. The molecule has 0 bridgehead atoms. The summed E-state index contributed by atoms with van der Waals surface area (Å²) in [5.74, 6) is 0.451. The van der Waals surface area contributed by atoms with Crippen molar-refractivity contribution >= 4 is 24.4 Å². The summed E-state index contributed by atoms with van der Waals surface area (Å²) in [6, 6.07) is 0. The van der Waals surface area contributed by atoms with Gasteiger partial charge in [0.2, 0.25) is 0 Å². The van der Waals surface area contributed by atoms with E-state index in [4.69, 9.17) is 17.7 Å². The van der Waals surface area contributed by atoms with Crippen LogP contribution < -0.4 is 0 Å². The molecule has 0 spiro atoms. The van der Waals surface area contributed by atoms with Crippen LogP contribution in [0, 0.1) is 0 Å². The van der Waals surface area contributed by atoms with E-state index in [1.165, 1.54) is 38.5 Å². The molecule has 0 aliphatic rings. The van der Waals surface area contributed by atoms with Crippen molar-refractivity contribution in [2.45, 2.75) is 155 Å². The van der Waals surface area contributed by atoms with Crippen LogP contribution in [0.4, 0.5) is 0 Å². The Labute approximate surface area is 228 Å². The second-order valence-corrected chi connectivity index (χ2v) is 16.3. The third kappa shape index (κ3) is 14.8. The minimum absolute atomic E-state index is 0.200. The number of rotatable bonds is 26. The summed E-state index contributed by atoms with van der Waals surface area (Å²) in [7, 11) is -3.30. The van der Waals surface area contributed by atoms with Crippen LogP contribution in [0.1, 0.15) is 145 Å². The fourth-order valence-electron chi connectivity index (χ4n) is 4.96. The Morgan fingerprint density at radius 3 is 1.11 bits per heavy atom. The van der Waals surface area contributed by atoms with Gasteiger partial charge in [-0.2, -0.15) is 0 Å². The monoisotopic (exact) mass is 546 g/mol. The van der Waals surface area contributed by atoms with Gasteiger partial charge in [-0.05, 0) is 66.2 Å². The molecule has 0 aliphatic heterocycles.